The summed E-state index contributed by atoms with van der Waals surface area (Å²) in [5.74, 6) is 2.04. The van der Waals surface area contributed by atoms with Crippen LogP contribution in [0.15, 0.2) is 71.6 Å². The molecule has 3 aromatic carbocycles. The molecule has 0 amide bonds. The highest BCUT2D eigenvalue weighted by Gasteiger charge is 2.23. The van der Waals surface area contributed by atoms with Gasteiger partial charge in [-0.3, -0.25) is 0 Å². The molecular weight excluding hydrogens is 442 g/mol. The lowest BCUT2D eigenvalue weighted by molar-refractivity contribution is -0.891. The number of ether oxygens (including phenoxy) is 1. The summed E-state index contributed by atoms with van der Waals surface area (Å²) in [7, 11) is 6.38. The first-order valence-electron chi connectivity index (χ1n) is 9.84. The molecule has 4 rings (SSSR count). The molecule has 0 aliphatic heterocycles. The molecule has 0 saturated carbocycles. The van der Waals surface area contributed by atoms with Crippen LogP contribution in [0.4, 0.5) is 0 Å². The van der Waals surface area contributed by atoms with E-state index in [0.717, 1.165) is 35.5 Å². The zero-order valence-electron chi connectivity index (χ0n) is 17.3. The average Bonchev–Trinajstić information content (AvgIpc) is 2.72. The number of aryl methyl sites for hydroxylation is 2. The van der Waals surface area contributed by atoms with Crippen LogP contribution in [0.5, 0.6) is 5.75 Å². The van der Waals surface area contributed by atoms with Crippen molar-refractivity contribution in [1.82, 2.24) is 0 Å². The smallest absolute Gasteiger partial charge is 0.130 e. The first-order chi connectivity index (χ1) is 13.6. The van der Waals surface area contributed by atoms with E-state index in [1.54, 1.807) is 7.11 Å². The van der Waals surface area contributed by atoms with Crippen molar-refractivity contribution in [2.45, 2.75) is 24.3 Å². The van der Waals surface area contributed by atoms with Crippen molar-refractivity contribution in [3.05, 3.63) is 83.4 Å². The number of nitrogens with zero attached hydrogens (tertiary/aromatic N) is 1. The molecule has 2 nitrogen and oxygen atoms in total. The van der Waals surface area contributed by atoms with Gasteiger partial charge in [0.1, 0.15) is 18.2 Å². The monoisotopic (exact) mass is 469 g/mol. The van der Waals surface area contributed by atoms with Gasteiger partial charge < -0.3 is 26.2 Å². The topological polar surface area (TPSA) is 9.23 Å². The minimum atomic E-state index is 0. The van der Waals surface area contributed by atoms with Crippen molar-refractivity contribution in [1.29, 1.82) is 0 Å². The number of quaternary nitrogens is 1. The minimum absolute atomic E-state index is 0. The molecule has 0 N–H and O–H groups in total. The highest BCUT2D eigenvalue weighted by molar-refractivity contribution is 7.99. The van der Waals surface area contributed by atoms with Gasteiger partial charge in [0, 0.05) is 10.5 Å². The Bertz CT molecular complexity index is 972. The molecule has 0 radical (unpaired) electrons. The van der Waals surface area contributed by atoms with E-state index in [9.17, 15) is 0 Å². The number of hydrogen-bond acceptors (Lipinski definition) is 2. The van der Waals surface area contributed by atoms with E-state index in [1.165, 1.54) is 32.7 Å². The molecule has 0 aromatic heterocycles. The van der Waals surface area contributed by atoms with E-state index < -0.39 is 0 Å². The highest BCUT2D eigenvalue weighted by atomic mass is 79.9. The minimum Gasteiger partial charge on any atom is -1.00 e. The third-order valence-corrected chi connectivity index (χ3v) is 6.83. The van der Waals surface area contributed by atoms with Crippen LogP contribution in [0.1, 0.15) is 16.7 Å². The number of methoxy groups -OCH3 is 1. The van der Waals surface area contributed by atoms with E-state index in [2.05, 4.69) is 80.8 Å². The normalized spacial score (nSPS) is 12.5. The highest BCUT2D eigenvalue weighted by Crippen LogP contribution is 2.38. The average molecular weight is 470 g/mol. The van der Waals surface area contributed by atoms with Gasteiger partial charge in [-0.2, -0.15) is 0 Å². The van der Waals surface area contributed by atoms with Gasteiger partial charge in [0.25, 0.3) is 0 Å². The maximum absolute atomic E-state index is 5.79. The van der Waals surface area contributed by atoms with Crippen molar-refractivity contribution in [3.63, 3.8) is 0 Å². The van der Waals surface area contributed by atoms with Crippen LogP contribution < -0.4 is 21.7 Å². The first kappa shape index (κ1) is 21.9. The maximum atomic E-state index is 5.79. The summed E-state index contributed by atoms with van der Waals surface area (Å²) >= 11 is 1.91. The van der Waals surface area contributed by atoms with Crippen LogP contribution in [0.25, 0.3) is 11.1 Å². The molecule has 4 heteroatoms. The molecule has 0 saturated heterocycles. The Labute approximate surface area is 189 Å². The Hall–Kier alpha value is -1.75. The number of benzene rings is 3. The number of rotatable bonds is 6. The molecule has 0 spiro atoms. The number of fused-ring (bicyclic) bond motifs is 3. The van der Waals surface area contributed by atoms with Crippen LogP contribution in [-0.4, -0.2) is 31.6 Å². The van der Waals surface area contributed by atoms with Gasteiger partial charge in [-0.1, -0.05) is 54.2 Å². The Kier molecular flexibility index (Phi) is 7.10. The third kappa shape index (κ3) is 5.06. The van der Waals surface area contributed by atoms with E-state index >= 15 is 0 Å². The van der Waals surface area contributed by atoms with Crippen LogP contribution in [0, 0.1) is 0 Å². The first-order valence-corrected chi connectivity index (χ1v) is 10.8. The van der Waals surface area contributed by atoms with E-state index in [-0.39, 0.29) is 17.0 Å². The fraction of sp³-hybridized carbons (Fsp3) is 0.280. The molecule has 3 aromatic rings. The third-order valence-electron chi connectivity index (χ3n) is 5.40. The molecule has 1 aliphatic rings. The van der Waals surface area contributed by atoms with Gasteiger partial charge in [-0.05, 0) is 59.4 Å². The molecule has 1 aliphatic carbocycles. The Morgan fingerprint density at radius 3 is 2.31 bits per heavy atom. The summed E-state index contributed by atoms with van der Waals surface area (Å²) in [6.07, 6.45) is 2.20. The van der Waals surface area contributed by atoms with E-state index in [4.69, 9.17) is 4.74 Å². The Morgan fingerprint density at radius 1 is 0.862 bits per heavy atom. The van der Waals surface area contributed by atoms with Gasteiger partial charge in [-0.15, -0.1) is 0 Å². The molecule has 0 bridgehead atoms. The lowest BCUT2D eigenvalue weighted by atomic mass is 9.84. The van der Waals surface area contributed by atoms with Crippen LogP contribution in [0.2, 0.25) is 0 Å². The van der Waals surface area contributed by atoms with Gasteiger partial charge in [0.15, 0.2) is 0 Å². The van der Waals surface area contributed by atoms with Crippen molar-refractivity contribution >= 4 is 11.8 Å². The van der Waals surface area contributed by atoms with Crippen molar-refractivity contribution in [2.75, 3.05) is 27.1 Å². The second-order valence-electron chi connectivity index (χ2n) is 8.16. The predicted molar refractivity (Wildman–Crippen MR) is 119 cm³/mol. The van der Waals surface area contributed by atoms with Crippen LogP contribution >= 0.6 is 11.8 Å². The second-order valence-corrected chi connectivity index (χ2v) is 9.18. The van der Waals surface area contributed by atoms with E-state index in [1.807, 2.05) is 11.8 Å². The number of thioether (sulfide) groups is 1. The SMILES string of the molecule is COc1cc2c(cc1C[N+](C)(C)CSc1ccccc1)-c1ccccc1CC2.[Br-]. The molecule has 0 heterocycles. The standard InChI is InChI=1S/C25H28NOS.BrH/c1-26(2,18-28-22-10-5-4-6-11-22)17-21-15-24-20(16-25(21)27-3)14-13-19-9-7-8-12-23(19)24;/h4-12,15-16H,13-14,17-18H2,1-3H3;1H/q+1;/p-1. The van der Waals surface area contributed by atoms with Crippen molar-refractivity contribution in [2.24, 2.45) is 0 Å². The van der Waals surface area contributed by atoms with Gasteiger partial charge in [-0.25, -0.2) is 0 Å². The summed E-state index contributed by atoms with van der Waals surface area (Å²) in [6, 6.07) is 24.1. The van der Waals surface area contributed by atoms with Crippen molar-refractivity contribution in [3.8, 4) is 16.9 Å². The molecule has 0 fully saturated rings. The summed E-state index contributed by atoms with van der Waals surface area (Å²) in [4.78, 5) is 1.32. The Morgan fingerprint density at radius 2 is 1.55 bits per heavy atom. The molecule has 29 heavy (non-hydrogen) atoms. The molecular formula is C25H28BrNOS. The second kappa shape index (κ2) is 9.38. The van der Waals surface area contributed by atoms with Crippen LogP contribution in [0.3, 0.4) is 0 Å². The van der Waals surface area contributed by atoms with Gasteiger partial charge >= 0.3 is 0 Å². The summed E-state index contributed by atoms with van der Waals surface area (Å²) < 4.78 is 6.69. The van der Waals surface area contributed by atoms with E-state index in [0.29, 0.717) is 0 Å². The summed E-state index contributed by atoms with van der Waals surface area (Å²) in [6.45, 7) is 0.943. The fourth-order valence-electron chi connectivity index (χ4n) is 3.98. The van der Waals surface area contributed by atoms with Gasteiger partial charge in [0.05, 0.1) is 21.2 Å². The number of halogens is 1. The lowest BCUT2D eigenvalue weighted by Crippen LogP contribution is -3.00. The maximum Gasteiger partial charge on any atom is 0.130 e. The van der Waals surface area contributed by atoms with Crippen LogP contribution in [-0.2, 0) is 19.4 Å². The fourth-order valence-corrected chi connectivity index (χ4v) is 4.92. The molecule has 152 valence electrons. The van der Waals surface area contributed by atoms with Crippen molar-refractivity contribution < 1.29 is 26.2 Å². The number of hydrogen-bond donors (Lipinski definition) is 0. The summed E-state index contributed by atoms with van der Waals surface area (Å²) in [5.41, 5.74) is 6.92. The quantitative estimate of drug-likeness (QED) is 0.311. The zero-order chi connectivity index (χ0) is 19.6. The zero-order valence-corrected chi connectivity index (χ0v) is 19.7. The van der Waals surface area contributed by atoms with Gasteiger partial charge in [0.2, 0.25) is 0 Å². The molecule has 0 unspecified atom stereocenters. The Balaban J connectivity index is 0.00000240. The summed E-state index contributed by atoms with van der Waals surface area (Å²) in [5, 5.41) is 0. The lowest BCUT2D eigenvalue weighted by Gasteiger charge is -2.31. The predicted octanol–water partition coefficient (Wildman–Crippen LogP) is 2.79. The molecule has 0 atom stereocenters. The largest absolute Gasteiger partial charge is 1.00 e.